The van der Waals surface area contributed by atoms with Crippen LogP contribution in [0.5, 0.6) is 5.75 Å². The molecule has 0 N–H and O–H groups in total. The highest BCUT2D eigenvalue weighted by Crippen LogP contribution is 2.30. The second kappa shape index (κ2) is 8.36. The van der Waals surface area contributed by atoms with Gasteiger partial charge in [0.2, 0.25) is 5.91 Å². The number of nitrogens with zero attached hydrogens (tertiary/aromatic N) is 2. The molecule has 148 valence electrons. The van der Waals surface area contributed by atoms with Crippen molar-refractivity contribution in [2.75, 3.05) is 26.2 Å². The molecule has 3 unspecified atom stereocenters. The minimum absolute atomic E-state index is 0.0737. The predicted octanol–water partition coefficient (Wildman–Crippen LogP) is 3.92. The van der Waals surface area contributed by atoms with Crippen LogP contribution in [0.2, 0.25) is 0 Å². The number of likely N-dealkylation sites (tertiary alicyclic amines) is 1. The van der Waals surface area contributed by atoms with E-state index in [1.165, 1.54) is 5.56 Å². The monoisotopic (exact) mass is 378 g/mol. The maximum atomic E-state index is 13.3. The summed E-state index contributed by atoms with van der Waals surface area (Å²) in [6.45, 7) is 7.59. The SMILES string of the molecule is CCN(C(=O)C1COc2ccccc2C1)C1CCN(C(C)c2ccccc2)C1. The van der Waals surface area contributed by atoms with Crippen LogP contribution >= 0.6 is 0 Å². The zero-order valence-electron chi connectivity index (χ0n) is 16.9. The van der Waals surface area contributed by atoms with Crippen molar-refractivity contribution >= 4 is 5.91 Å². The molecule has 0 saturated carbocycles. The fourth-order valence-corrected chi connectivity index (χ4v) is 4.63. The number of fused-ring (bicyclic) bond motifs is 1. The lowest BCUT2D eigenvalue weighted by Gasteiger charge is -2.34. The van der Waals surface area contributed by atoms with E-state index in [0.717, 1.165) is 43.8 Å². The van der Waals surface area contributed by atoms with Gasteiger partial charge in [0, 0.05) is 31.7 Å². The lowest BCUT2D eigenvalue weighted by molar-refractivity contribution is -0.138. The number of benzene rings is 2. The molecule has 0 radical (unpaired) electrons. The van der Waals surface area contributed by atoms with Gasteiger partial charge < -0.3 is 9.64 Å². The van der Waals surface area contributed by atoms with E-state index in [1.807, 2.05) is 18.2 Å². The predicted molar refractivity (Wildman–Crippen MR) is 111 cm³/mol. The molecule has 0 bridgehead atoms. The molecule has 1 fully saturated rings. The summed E-state index contributed by atoms with van der Waals surface area (Å²) in [5.41, 5.74) is 2.49. The van der Waals surface area contributed by atoms with Crippen LogP contribution in [0.15, 0.2) is 54.6 Å². The Bertz CT molecular complexity index is 807. The Kier molecular flexibility index (Phi) is 5.67. The van der Waals surface area contributed by atoms with Crippen molar-refractivity contribution < 1.29 is 9.53 Å². The molecule has 4 rings (SSSR count). The quantitative estimate of drug-likeness (QED) is 0.791. The maximum absolute atomic E-state index is 13.3. The number of carbonyl (C=O) groups is 1. The zero-order valence-corrected chi connectivity index (χ0v) is 16.9. The summed E-state index contributed by atoms with van der Waals surface area (Å²) < 4.78 is 5.87. The summed E-state index contributed by atoms with van der Waals surface area (Å²) in [6, 6.07) is 19.4. The van der Waals surface area contributed by atoms with Crippen LogP contribution in [-0.2, 0) is 11.2 Å². The van der Waals surface area contributed by atoms with Crippen LogP contribution in [0.4, 0.5) is 0 Å². The van der Waals surface area contributed by atoms with Crippen molar-refractivity contribution in [2.45, 2.75) is 38.8 Å². The molecule has 0 spiro atoms. The fraction of sp³-hybridized carbons (Fsp3) is 0.458. The van der Waals surface area contributed by atoms with Gasteiger partial charge in [-0.2, -0.15) is 0 Å². The number of ether oxygens (including phenoxy) is 1. The Balaban J connectivity index is 1.41. The third-order valence-electron chi connectivity index (χ3n) is 6.32. The standard InChI is InChI=1S/C24H30N2O2/c1-3-26(24(27)21-15-20-11-7-8-12-23(20)28-17-21)22-13-14-25(16-22)18(2)19-9-5-4-6-10-19/h4-12,18,21-22H,3,13-17H2,1-2H3. The average molecular weight is 379 g/mol. The minimum atomic E-state index is -0.0737. The number of hydrogen-bond donors (Lipinski definition) is 0. The highest BCUT2D eigenvalue weighted by atomic mass is 16.5. The second-order valence-corrected chi connectivity index (χ2v) is 7.97. The van der Waals surface area contributed by atoms with Gasteiger partial charge in [-0.05, 0) is 43.9 Å². The van der Waals surface area contributed by atoms with Gasteiger partial charge in [0.15, 0.2) is 0 Å². The first kappa shape index (κ1) is 19.0. The molecule has 0 aromatic heterocycles. The van der Waals surface area contributed by atoms with Crippen molar-refractivity contribution in [3.05, 3.63) is 65.7 Å². The van der Waals surface area contributed by atoms with Crippen molar-refractivity contribution in [3.63, 3.8) is 0 Å². The molecule has 4 heteroatoms. The van der Waals surface area contributed by atoms with Gasteiger partial charge in [0.05, 0.1) is 5.92 Å². The van der Waals surface area contributed by atoms with E-state index in [-0.39, 0.29) is 11.8 Å². The number of rotatable bonds is 5. The Labute approximate surface area is 168 Å². The summed E-state index contributed by atoms with van der Waals surface area (Å²) >= 11 is 0. The molecule has 1 saturated heterocycles. The van der Waals surface area contributed by atoms with Gasteiger partial charge in [-0.15, -0.1) is 0 Å². The van der Waals surface area contributed by atoms with Crippen molar-refractivity contribution in [2.24, 2.45) is 5.92 Å². The average Bonchev–Trinajstić information content (AvgIpc) is 3.23. The van der Waals surface area contributed by atoms with Gasteiger partial charge in [0.25, 0.3) is 0 Å². The smallest absolute Gasteiger partial charge is 0.229 e. The molecule has 2 heterocycles. The molecule has 1 amide bonds. The Morgan fingerprint density at radius 2 is 1.93 bits per heavy atom. The van der Waals surface area contributed by atoms with E-state index in [1.54, 1.807) is 0 Å². The molecule has 28 heavy (non-hydrogen) atoms. The molecular formula is C24H30N2O2. The topological polar surface area (TPSA) is 32.8 Å². The minimum Gasteiger partial charge on any atom is -0.492 e. The van der Waals surface area contributed by atoms with Gasteiger partial charge in [0.1, 0.15) is 12.4 Å². The number of likely N-dealkylation sites (N-methyl/N-ethyl adjacent to an activating group) is 1. The maximum Gasteiger partial charge on any atom is 0.229 e. The molecule has 2 aliphatic heterocycles. The number of carbonyl (C=O) groups excluding carboxylic acids is 1. The van der Waals surface area contributed by atoms with Crippen molar-refractivity contribution in [1.82, 2.24) is 9.80 Å². The molecule has 3 atom stereocenters. The van der Waals surface area contributed by atoms with Gasteiger partial charge >= 0.3 is 0 Å². The van der Waals surface area contributed by atoms with Crippen molar-refractivity contribution in [1.29, 1.82) is 0 Å². The molecule has 2 aromatic rings. The lowest BCUT2D eigenvalue weighted by atomic mass is 9.95. The Morgan fingerprint density at radius 1 is 1.18 bits per heavy atom. The first-order valence-electron chi connectivity index (χ1n) is 10.5. The van der Waals surface area contributed by atoms with Crippen molar-refractivity contribution in [3.8, 4) is 5.75 Å². The largest absolute Gasteiger partial charge is 0.492 e. The summed E-state index contributed by atoms with van der Waals surface area (Å²) in [5.74, 6) is 1.10. The lowest BCUT2D eigenvalue weighted by Crippen LogP contribution is -2.47. The molecule has 0 aliphatic carbocycles. The summed E-state index contributed by atoms with van der Waals surface area (Å²) in [6.07, 6.45) is 1.82. The van der Waals surface area contributed by atoms with Gasteiger partial charge in [-0.1, -0.05) is 48.5 Å². The Morgan fingerprint density at radius 3 is 2.71 bits per heavy atom. The van der Waals surface area contributed by atoms with E-state index >= 15 is 0 Å². The zero-order chi connectivity index (χ0) is 19.5. The second-order valence-electron chi connectivity index (χ2n) is 7.97. The first-order valence-corrected chi connectivity index (χ1v) is 10.5. The molecule has 2 aromatic carbocycles. The third-order valence-corrected chi connectivity index (χ3v) is 6.32. The number of hydrogen-bond acceptors (Lipinski definition) is 3. The van der Waals surface area contributed by atoms with E-state index in [0.29, 0.717) is 18.7 Å². The highest BCUT2D eigenvalue weighted by molar-refractivity contribution is 5.80. The number of amides is 1. The van der Waals surface area contributed by atoms with Gasteiger partial charge in [-0.25, -0.2) is 0 Å². The van der Waals surface area contributed by atoms with Crippen LogP contribution in [-0.4, -0.2) is 48.0 Å². The van der Waals surface area contributed by atoms with Gasteiger partial charge in [-0.3, -0.25) is 9.69 Å². The van der Waals surface area contributed by atoms with E-state index in [9.17, 15) is 4.79 Å². The summed E-state index contributed by atoms with van der Waals surface area (Å²) in [7, 11) is 0. The first-order chi connectivity index (χ1) is 13.7. The Hall–Kier alpha value is -2.33. The summed E-state index contributed by atoms with van der Waals surface area (Å²) in [5, 5.41) is 0. The fourth-order valence-electron chi connectivity index (χ4n) is 4.63. The molecule has 4 nitrogen and oxygen atoms in total. The van der Waals surface area contributed by atoms with E-state index in [4.69, 9.17) is 4.74 Å². The normalized spacial score (nSPS) is 22.9. The molecular weight excluding hydrogens is 348 g/mol. The van der Waals surface area contributed by atoms with Crippen LogP contribution in [0.25, 0.3) is 0 Å². The summed E-state index contributed by atoms with van der Waals surface area (Å²) in [4.78, 5) is 17.9. The van der Waals surface area contributed by atoms with E-state index < -0.39 is 0 Å². The van der Waals surface area contributed by atoms with Crippen LogP contribution in [0.1, 0.15) is 37.4 Å². The third kappa shape index (κ3) is 3.79. The molecule has 2 aliphatic rings. The van der Waals surface area contributed by atoms with Crippen LogP contribution in [0, 0.1) is 5.92 Å². The van der Waals surface area contributed by atoms with Crippen LogP contribution in [0.3, 0.4) is 0 Å². The van der Waals surface area contributed by atoms with E-state index in [2.05, 4.69) is 60.0 Å². The highest BCUT2D eigenvalue weighted by Gasteiger charge is 2.36. The van der Waals surface area contributed by atoms with Crippen LogP contribution < -0.4 is 4.74 Å². The number of para-hydroxylation sites is 1.